The number of hydrogen-bond acceptors (Lipinski definition) is 5. The number of carbonyl (C=O) groups excluding carboxylic acids is 1. The molecule has 0 aliphatic heterocycles. The van der Waals surface area contributed by atoms with E-state index in [1.54, 1.807) is 11.3 Å². The van der Waals surface area contributed by atoms with Crippen LogP contribution in [-0.2, 0) is 24.1 Å². The van der Waals surface area contributed by atoms with E-state index in [-0.39, 0.29) is 16.9 Å². The van der Waals surface area contributed by atoms with Crippen molar-refractivity contribution >= 4 is 33.1 Å². The van der Waals surface area contributed by atoms with Gasteiger partial charge in [0.15, 0.2) is 0 Å². The van der Waals surface area contributed by atoms with Crippen LogP contribution in [0.2, 0.25) is 0 Å². The fraction of sp³-hybridized carbons (Fsp3) is 0.536. The molecule has 1 atom stereocenters. The van der Waals surface area contributed by atoms with Crippen LogP contribution in [0.1, 0.15) is 63.2 Å². The molecule has 0 saturated heterocycles. The predicted molar refractivity (Wildman–Crippen MR) is 145 cm³/mol. The highest BCUT2D eigenvalue weighted by Gasteiger charge is 2.31. The maximum atomic E-state index is 12.9. The number of thiophene rings is 1. The van der Waals surface area contributed by atoms with Crippen molar-refractivity contribution in [1.82, 2.24) is 15.3 Å². The molecule has 0 unspecified atom stereocenters. The Balaban J connectivity index is 1.30. The smallest absolute Gasteiger partial charge is 0.259 e. The SMILES string of the molecule is CCN(CCCNC(=O)CCc1nc2sc3c(c2c(=O)[nH]1)CC[C@H](C(C)(C)C)C3)c1ccccc1. The lowest BCUT2D eigenvalue weighted by Gasteiger charge is -2.33. The van der Waals surface area contributed by atoms with Gasteiger partial charge in [-0.25, -0.2) is 4.98 Å². The number of H-pyrrole nitrogens is 1. The van der Waals surface area contributed by atoms with Crippen molar-refractivity contribution in [2.45, 2.75) is 66.2 Å². The number of amides is 1. The second-order valence-electron chi connectivity index (χ2n) is 10.6. The summed E-state index contributed by atoms with van der Waals surface area (Å²) in [6, 6.07) is 10.3. The minimum absolute atomic E-state index is 0.00556. The van der Waals surface area contributed by atoms with E-state index in [4.69, 9.17) is 4.98 Å². The number of aromatic amines is 1. The molecule has 1 aliphatic carbocycles. The van der Waals surface area contributed by atoms with Crippen LogP contribution in [0.3, 0.4) is 0 Å². The molecular weight excluding hydrogens is 456 g/mol. The fourth-order valence-corrected chi connectivity index (χ4v) is 6.33. The summed E-state index contributed by atoms with van der Waals surface area (Å²) < 4.78 is 0. The van der Waals surface area contributed by atoms with Crippen molar-refractivity contribution in [3.63, 3.8) is 0 Å². The number of fused-ring (bicyclic) bond motifs is 3. The lowest BCUT2D eigenvalue weighted by Crippen LogP contribution is -2.30. The Hall–Kier alpha value is -2.67. The lowest BCUT2D eigenvalue weighted by atomic mass is 9.72. The zero-order chi connectivity index (χ0) is 25.0. The van der Waals surface area contributed by atoms with Crippen LogP contribution in [0.5, 0.6) is 0 Å². The average Bonchev–Trinajstić information content (AvgIpc) is 3.21. The van der Waals surface area contributed by atoms with Crippen molar-refractivity contribution in [3.8, 4) is 0 Å². The minimum atomic E-state index is -0.0577. The highest BCUT2D eigenvalue weighted by Crippen LogP contribution is 2.41. The first-order valence-electron chi connectivity index (χ1n) is 12.9. The van der Waals surface area contributed by atoms with E-state index in [1.807, 2.05) is 18.2 Å². The first kappa shape index (κ1) is 25.4. The second-order valence-corrected chi connectivity index (χ2v) is 11.7. The Kier molecular flexibility index (Phi) is 7.95. The fourth-order valence-electron chi connectivity index (χ4n) is 5.01. The number of hydrogen-bond donors (Lipinski definition) is 2. The maximum Gasteiger partial charge on any atom is 0.259 e. The first-order chi connectivity index (χ1) is 16.8. The molecule has 1 amide bonds. The summed E-state index contributed by atoms with van der Waals surface area (Å²) in [5.74, 6) is 1.22. The van der Waals surface area contributed by atoms with Crippen LogP contribution in [-0.4, -0.2) is 35.5 Å². The van der Waals surface area contributed by atoms with Crippen LogP contribution in [0.25, 0.3) is 10.2 Å². The molecule has 0 saturated carbocycles. The molecule has 4 rings (SSSR count). The number of para-hydroxylation sites is 1. The zero-order valence-electron chi connectivity index (χ0n) is 21.4. The molecule has 35 heavy (non-hydrogen) atoms. The summed E-state index contributed by atoms with van der Waals surface area (Å²) in [6.45, 7) is 11.5. The largest absolute Gasteiger partial charge is 0.372 e. The highest BCUT2D eigenvalue weighted by atomic mass is 32.1. The van der Waals surface area contributed by atoms with Gasteiger partial charge >= 0.3 is 0 Å². The molecule has 2 N–H and O–H groups in total. The van der Waals surface area contributed by atoms with Crippen molar-refractivity contribution in [1.29, 1.82) is 0 Å². The van der Waals surface area contributed by atoms with Crippen molar-refractivity contribution < 1.29 is 4.79 Å². The number of nitrogens with zero attached hydrogens (tertiary/aromatic N) is 2. The zero-order valence-corrected chi connectivity index (χ0v) is 22.3. The quantitative estimate of drug-likeness (QED) is 0.406. The number of aromatic nitrogens is 2. The van der Waals surface area contributed by atoms with Gasteiger partial charge in [-0.1, -0.05) is 39.0 Å². The van der Waals surface area contributed by atoms with Gasteiger partial charge in [-0.05, 0) is 61.6 Å². The third-order valence-electron chi connectivity index (χ3n) is 7.21. The van der Waals surface area contributed by atoms with Gasteiger partial charge in [0.2, 0.25) is 5.91 Å². The van der Waals surface area contributed by atoms with Crippen molar-refractivity contribution in [2.24, 2.45) is 11.3 Å². The van der Waals surface area contributed by atoms with Gasteiger partial charge < -0.3 is 15.2 Å². The van der Waals surface area contributed by atoms with E-state index in [9.17, 15) is 9.59 Å². The van der Waals surface area contributed by atoms with Crippen LogP contribution in [0, 0.1) is 11.3 Å². The van der Waals surface area contributed by atoms with Gasteiger partial charge in [0.25, 0.3) is 5.56 Å². The van der Waals surface area contributed by atoms with Gasteiger partial charge in [0, 0.05) is 43.0 Å². The normalized spacial score (nSPS) is 15.7. The molecule has 0 spiro atoms. The molecular formula is C28H38N4O2S. The Labute approximate surface area is 212 Å². The van der Waals surface area contributed by atoms with Crippen LogP contribution in [0.4, 0.5) is 5.69 Å². The molecule has 188 valence electrons. The number of benzene rings is 1. The van der Waals surface area contributed by atoms with Crippen LogP contribution < -0.4 is 15.8 Å². The summed E-state index contributed by atoms with van der Waals surface area (Å²) in [6.07, 6.45) is 4.73. The highest BCUT2D eigenvalue weighted by molar-refractivity contribution is 7.18. The standard InChI is InChI=1S/C28H38N4O2S/c1-5-32(20-10-7-6-8-11-20)17-9-16-29-24(33)15-14-23-30-26(34)25-21-13-12-19(28(2,3)4)18-22(21)35-27(25)31-23/h6-8,10-11,19H,5,9,12-18H2,1-4H3,(H,29,33)(H,30,31,34)/t19-/m0/s1. The van der Waals surface area contributed by atoms with E-state index in [2.05, 4.69) is 55.0 Å². The van der Waals surface area contributed by atoms with E-state index in [1.165, 1.54) is 16.1 Å². The number of aryl methyl sites for hydroxylation is 2. The topological polar surface area (TPSA) is 78.1 Å². The Morgan fingerprint density at radius 1 is 1.26 bits per heavy atom. The van der Waals surface area contributed by atoms with E-state index >= 15 is 0 Å². The maximum absolute atomic E-state index is 12.9. The summed E-state index contributed by atoms with van der Waals surface area (Å²) in [5.41, 5.74) is 2.61. The second kappa shape index (κ2) is 10.9. The summed E-state index contributed by atoms with van der Waals surface area (Å²) in [4.78, 5) is 37.4. The van der Waals surface area contributed by atoms with Crippen LogP contribution in [0.15, 0.2) is 35.1 Å². The third kappa shape index (κ3) is 6.13. The molecule has 1 aliphatic rings. The van der Waals surface area contributed by atoms with E-state index in [0.29, 0.717) is 31.1 Å². The Bertz CT molecular complexity index is 1210. The van der Waals surface area contributed by atoms with Gasteiger partial charge in [-0.3, -0.25) is 9.59 Å². The van der Waals surface area contributed by atoms with Gasteiger partial charge in [0.05, 0.1) is 5.39 Å². The third-order valence-corrected chi connectivity index (χ3v) is 8.36. The van der Waals surface area contributed by atoms with E-state index < -0.39 is 0 Å². The molecule has 7 heteroatoms. The molecule has 0 fully saturated rings. The molecule has 2 heterocycles. The number of carbonyl (C=O) groups is 1. The van der Waals surface area contributed by atoms with Crippen molar-refractivity contribution in [3.05, 3.63) is 57.0 Å². The molecule has 1 aromatic carbocycles. The predicted octanol–water partition coefficient (Wildman–Crippen LogP) is 5.10. The Morgan fingerprint density at radius 3 is 2.74 bits per heavy atom. The van der Waals surface area contributed by atoms with Crippen molar-refractivity contribution in [2.75, 3.05) is 24.5 Å². The van der Waals surface area contributed by atoms with Gasteiger partial charge in [0.1, 0.15) is 10.7 Å². The van der Waals surface area contributed by atoms with E-state index in [0.717, 1.165) is 49.0 Å². The summed E-state index contributed by atoms with van der Waals surface area (Å²) in [7, 11) is 0. The molecule has 2 aromatic heterocycles. The lowest BCUT2D eigenvalue weighted by molar-refractivity contribution is -0.121. The van der Waals surface area contributed by atoms with Gasteiger partial charge in [-0.2, -0.15) is 0 Å². The number of rotatable bonds is 9. The number of anilines is 1. The minimum Gasteiger partial charge on any atom is -0.372 e. The molecule has 3 aromatic rings. The number of nitrogens with one attached hydrogen (secondary N) is 2. The van der Waals surface area contributed by atoms with Crippen LogP contribution >= 0.6 is 11.3 Å². The average molecular weight is 495 g/mol. The molecule has 6 nitrogen and oxygen atoms in total. The summed E-state index contributed by atoms with van der Waals surface area (Å²) in [5, 5.41) is 3.78. The Morgan fingerprint density at radius 2 is 2.03 bits per heavy atom. The molecule has 0 bridgehead atoms. The molecule has 0 radical (unpaired) electrons. The first-order valence-corrected chi connectivity index (χ1v) is 13.7. The van der Waals surface area contributed by atoms with Gasteiger partial charge in [-0.15, -0.1) is 11.3 Å². The summed E-state index contributed by atoms with van der Waals surface area (Å²) >= 11 is 1.67. The monoisotopic (exact) mass is 494 g/mol.